The molecule has 0 saturated heterocycles. The Morgan fingerprint density at radius 1 is 1.39 bits per heavy atom. The smallest absolute Gasteiger partial charge is 0.337 e. The van der Waals surface area contributed by atoms with Crippen molar-refractivity contribution in [2.45, 2.75) is 4.90 Å². The Balaban J connectivity index is 2.79. The Morgan fingerprint density at radius 2 is 2.06 bits per heavy atom. The van der Waals surface area contributed by atoms with E-state index in [1.54, 1.807) is 23.7 Å². The molecule has 0 atom stereocenters. The molecule has 1 heterocycles. The highest BCUT2D eigenvalue weighted by Gasteiger charge is 2.17. The Morgan fingerprint density at radius 3 is 2.61 bits per heavy atom. The fourth-order valence-electron chi connectivity index (χ4n) is 1.83. The molecule has 6 nitrogen and oxygen atoms in total. The first kappa shape index (κ1) is 12.6. The number of primary sulfonamides is 1. The number of nitrogens with zero attached hydrogens (tertiary/aromatic N) is 1. The van der Waals surface area contributed by atoms with Gasteiger partial charge in [-0.05, 0) is 18.2 Å². The van der Waals surface area contributed by atoms with Crippen LogP contribution in [-0.2, 0) is 21.8 Å². The van der Waals surface area contributed by atoms with Gasteiger partial charge in [0.25, 0.3) is 0 Å². The first-order valence-electron chi connectivity index (χ1n) is 5.05. The van der Waals surface area contributed by atoms with Gasteiger partial charge in [0.15, 0.2) is 0 Å². The van der Waals surface area contributed by atoms with Gasteiger partial charge in [0.05, 0.1) is 12.7 Å². The molecule has 0 aliphatic rings. The number of carbonyl (C=O) groups is 1. The second kappa shape index (κ2) is 4.11. The van der Waals surface area contributed by atoms with Gasteiger partial charge in [-0.3, -0.25) is 0 Å². The minimum absolute atomic E-state index is 0.00856. The van der Waals surface area contributed by atoms with Crippen LogP contribution in [0.3, 0.4) is 0 Å². The third-order valence-corrected chi connectivity index (χ3v) is 3.62. The molecule has 0 aliphatic carbocycles. The number of hydrogen-bond donors (Lipinski definition) is 1. The van der Waals surface area contributed by atoms with Crippen LogP contribution in [0.5, 0.6) is 0 Å². The predicted molar refractivity (Wildman–Crippen MR) is 65.6 cm³/mol. The summed E-state index contributed by atoms with van der Waals surface area (Å²) in [4.78, 5) is 11.4. The van der Waals surface area contributed by atoms with Gasteiger partial charge < -0.3 is 9.30 Å². The number of sulfonamides is 1. The topological polar surface area (TPSA) is 91.4 Å². The zero-order chi connectivity index (χ0) is 13.5. The molecule has 0 amide bonds. The maximum Gasteiger partial charge on any atom is 0.337 e. The first-order valence-corrected chi connectivity index (χ1v) is 6.59. The van der Waals surface area contributed by atoms with Crippen LogP contribution in [0.25, 0.3) is 10.9 Å². The van der Waals surface area contributed by atoms with Gasteiger partial charge >= 0.3 is 5.97 Å². The van der Waals surface area contributed by atoms with E-state index in [2.05, 4.69) is 4.74 Å². The largest absolute Gasteiger partial charge is 0.465 e. The van der Waals surface area contributed by atoms with Gasteiger partial charge in [0.2, 0.25) is 10.0 Å². The molecule has 2 aromatic rings. The third-order valence-electron chi connectivity index (χ3n) is 2.68. The van der Waals surface area contributed by atoms with E-state index in [4.69, 9.17) is 5.14 Å². The summed E-state index contributed by atoms with van der Waals surface area (Å²) in [5.74, 6) is -0.527. The van der Waals surface area contributed by atoms with Crippen molar-refractivity contribution in [1.29, 1.82) is 0 Å². The second-order valence-electron chi connectivity index (χ2n) is 3.87. The number of ether oxygens (including phenoxy) is 1. The molecule has 2 N–H and O–H groups in total. The van der Waals surface area contributed by atoms with Crippen molar-refractivity contribution < 1.29 is 17.9 Å². The molecule has 2 rings (SSSR count). The van der Waals surface area contributed by atoms with Crippen LogP contribution in [-0.4, -0.2) is 26.1 Å². The van der Waals surface area contributed by atoms with Gasteiger partial charge in [0, 0.05) is 24.1 Å². The van der Waals surface area contributed by atoms with E-state index in [0.717, 1.165) is 0 Å². The van der Waals surface area contributed by atoms with Gasteiger partial charge in [-0.15, -0.1) is 0 Å². The summed E-state index contributed by atoms with van der Waals surface area (Å²) in [6.45, 7) is 0. The van der Waals surface area contributed by atoms with Crippen LogP contribution in [0.2, 0.25) is 0 Å². The normalized spacial score (nSPS) is 11.7. The minimum Gasteiger partial charge on any atom is -0.465 e. The van der Waals surface area contributed by atoms with Crippen molar-refractivity contribution in [2.75, 3.05) is 7.11 Å². The molecule has 0 fully saturated rings. The van der Waals surface area contributed by atoms with E-state index in [1.807, 2.05) is 0 Å². The van der Waals surface area contributed by atoms with Crippen molar-refractivity contribution in [1.82, 2.24) is 4.57 Å². The van der Waals surface area contributed by atoms with E-state index >= 15 is 0 Å². The van der Waals surface area contributed by atoms with E-state index < -0.39 is 16.0 Å². The highest BCUT2D eigenvalue weighted by atomic mass is 32.2. The maximum atomic E-state index is 11.5. The van der Waals surface area contributed by atoms with Crippen LogP contribution in [0.15, 0.2) is 29.3 Å². The monoisotopic (exact) mass is 268 g/mol. The van der Waals surface area contributed by atoms with Gasteiger partial charge in [-0.1, -0.05) is 0 Å². The standard InChI is InChI=1S/C11H12N2O4S/c1-13-6-10(18(12,15)16)8-5-7(11(14)17-2)3-4-9(8)13/h3-6H,1-2H3,(H2,12,15,16). The summed E-state index contributed by atoms with van der Waals surface area (Å²) in [5.41, 5.74) is 0.952. The number of aromatic nitrogens is 1. The summed E-state index contributed by atoms with van der Waals surface area (Å²) in [6.07, 6.45) is 1.42. The highest BCUT2D eigenvalue weighted by Crippen LogP contribution is 2.25. The zero-order valence-corrected chi connectivity index (χ0v) is 10.7. The molecule has 18 heavy (non-hydrogen) atoms. The third kappa shape index (κ3) is 1.98. The Kier molecular flexibility index (Phi) is 2.88. The molecule has 1 aromatic carbocycles. The number of nitrogens with two attached hydrogens (primary N) is 1. The summed E-state index contributed by atoms with van der Waals surface area (Å²) >= 11 is 0. The van der Waals surface area contributed by atoms with Crippen LogP contribution in [0, 0.1) is 0 Å². The summed E-state index contributed by atoms with van der Waals surface area (Å²) in [7, 11) is -0.866. The van der Waals surface area contributed by atoms with E-state index in [0.29, 0.717) is 10.9 Å². The molecule has 1 aromatic heterocycles. The molecule has 0 spiro atoms. The maximum absolute atomic E-state index is 11.5. The fourth-order valence-corrected chi connectivity index (χ4v) is 2.60. The lowest BCUT2D eigenvalue weighted by Crippen LogP contribution is -2.11. The van der Waals surface area contributed by atoms with Crippen molar-refractivity contribution in [3.8, 4) is 0 Å². The zero-order valence-electron chi connectivity index (χ0n) is 9.88. The molecule has 96 valence electrons. The number of aryl methyl sites for hydroxylation is 1. The van der Waals surface area contributed by atoms with Crippen molar-refractivity contribution in [3.63, 3.8) is 0 Å². The molecular weight excluding hydrogens is 256 g/mol. The Labute approximate surface area is 104 Å². The Bertz CT molecular complexity index is 731. The average molecular weight is 268 g/mol. The van der Waals surface area contributed by atoms with Crippen molar-refractivity contribution in [3.05, 3.63) is 30.0 Å². The van der Waals surface area contributed by atoms with E-state index in [-0.39, 0.29) is 10.5 Å². The fraction of sp³-hybridized carbons (Fsp3) is 0.182. The number of methoxy groups -OCH3 is 1. The van der Waals surface area contributed by atoms with Crippen LogP contribution in [0.1, 0.15) is 10.4 Å². The molecule has 0 saturated carbocycles. The van der Waals surface area contributed by atoms with Crippen LogP contribution >= 0.6 is 0 Å². The molecular formula is C11H12N2O4S. The van der Waals surface area contributed by atoms with E-state index in [1.165, 1.54) is 19.4 Å². The Hall–Kier alpha value is -1.86. The van der Waals surface area contributed by atoms with E-state index in [9.17, 15) is 13.2 Å². The summed E-state index contributed by atoms with van der Waals surface area (Å²) in [6, 6.07) is 4.68. The molecule has 0 bridgehead atoms. The van der Waals surface area contributed by atoms with Gasteiger partial charge in [-0.25, -0.2) is 18.4 Å². The highest BCUT2D eigenvalue weighted by molar-refractivity contribution is 7.89. The lowest BCUT2D eigenvalue weighted by atomic mass is 10.1. The lowest BCUT2D eigenvalue weighted by Gasteiger charge is -2.01. The lowest BCUT2D eigenvalue weighted by molar-refractivity contribution is 0.0601. The van der Waals surface area contributed by atoms with Crippen molar-refractivity contribution in [2.24, 2.45) is 12.2 Å². The average Bonchev–Trinajstić information content (AvgIpc) is 2.65. The number of hydrogen-bond acceptors (Lipinski definition) is 4. The quantitative estimate of drug-likeness (QED) is 0.808. The number of esters is 1. The molecule has 0 aliphatic heterocycles. The number of rotatable bonds is 2. The predicted octanol–water partition coefficient (Wildman–Crippen LogP) is 0.612. The minimum atomic E-state index is -3.83. The van der Waals surface area contributed by atoms with Gasteiger partial charge in [-0.2, -0.15) is 0 Å². The molecule has 7 heteroatoms. The SMILES string of the molecule is COC(=O)c1ccc2c(c1)c(S(N)(=O)=O)cn2C. The van der Waals surface area contributed by atoms with Crippen molar-refractivity contribution >= 4 is 26.9 Å². The molecule has 0 unspecified atom stereocenters. The number of fused-ring (bicyclic) bond motifs is 1. The van der Waals surface area contributed by atoms with Crippen LogP contribution < -0.4 is 5.14 Å². The molecule has 0 radical (unpaired) electrons. The van der Waals surface area contributed by atoms with Gasteiger partial charge in [0.1, 0.15) is 4.90 Å². The number of carbonyl (C=O) groups excluding carboxylic acids is 1. The summed E-state index contributed by atoms with van der Waals surface area (Å²) in [5, 5.41) is 5.54. The first-order chi connectivity index (χ1) is 8.34. The summed E-state index contributed by atoms with van der Waals surface area (Å²) < 4.78 is 29.1. The second-order valence-corrected chi connectivity index (χ2v) is 5.40. The number of benzene rings is 1. The van der Waals surface area contributed by atoms with Crippen LogP contribution in [0.4, 0.5) is 0 Å².